The molecule has 0 unspecified atom stereocenters. The van der Waals surface area contributed by atoms with Crippen molar-refractivity contribution in [3.05, 3.63) is 35.9 Å². The molecule has 0 aliphatic carbocycles. The Morgan fingerprint density at radius 2 is 2.29 bits per heavy atom. The molecule has 0 aliphatic heterocycles. The van der Waals surface area contributed by atoms with Gasteiger partial charge in [-0.05, 0) is 24.9 Å². The predicted molar refractivity (Wildman–Crippen MR) is 57.1 cm³/mol. The summed E-state index contributed by atoms with van der Waals surface area (Å²) in [5.41, 5.74) is 1.90. The number of methoxy groups -OCH3 is 1. The highest BCUT2D eigenvalue weighted by Crippen LogP contribution is 2.26. The van der Waals surface area contributed by atoms with Crippen molar-refractivity contribution in [3.8, 4) is 0 Å². The van der Waals surface area contributed by atoms with Crippen LogP contribution in [0, 0.1) is 0 Å². The highest BCUT2D eigenvalue weighted by Gasteiger charge is 2.06. The Labute approximate surface area is 82.7 Å². The Morgan fingerprint density at radius 1 is 1.57 bits per heavy atom. The minimum Gasteiger partial charge on any atom is -0.497 e. The minimum absolute atomic E-state index is 0.469. The lowest BCUT2D eigenvalue weighted by Crippen LogP contribution is -1.89. The Hall–Kier alpha value is -1.90. The highest BCUT2D eigenvalue weighted by atomic mass is 16.5. The molecule has 3 nitrogen and oxygen atoms in total. The minimum atomic E-state index is 0.469. The predicted octanol–water partition coefficient (Wildman–Crippen LogP) is 2.45. The molecule has 72 valence electrons. The van der Waals surface area contributed by atoms with Gasteiger partial charge in [-0.15, -0.1) is 0 Å². The summed E-state index contributed by atoms with van der Waals surface area (Å²) in [5.74, 6) is 0.469. The summed E-state index contributed by atoms with van der Waals surface area (Å²) in [5, 5.41) is 0. The number of ether oxygens (including phenoxy) is 1. The maximum atomic E-state index is 10.6. The van der Waals surface area contributed by atoms with E-state index in [1.54, 1.807) is 18.2 Å². The molecule has 0 bridgehead atoms. The number of benzene rings is 1. The fraction of sp³-hybridized carbons (Fsp3) is 0.0909. The second kappa shape index (κ2) is 4.37. The molecule has 0 radical (unpaired) electrons. The van der Waals surface area contributed by atoms with Gasteiger partial charge < -0.3 is 4.74 Å². The smallest absolute Gasteiger partial charge is 0.150 e. The Morgan fingerprint density at radius 3 is 2.79 bits per heavy atom. The van der Waals surface area contributed by atoms with Gasteiger partial charge in [-0.2, -0.15) is 0 Å². The van der Waals surface area contributed by atoms with Gasteiger partial charge in [0.1, 0.15) is 12.0 Å². The van der Waals surface area contributed by atoms with Crippen LogP contribution in [0.25, 0.3) is 5.76 Å². The van der Waals surface area contributed by atoms with E-state index in [4.69, 9.17) is 4.74 Å². The van der Waals surface area contributed by atoms with E-state index in [9.17, 15) is 4.79 Å². The molecule has 0 heterocycles. The first-order valence-electron chi connectivity index (χ1n) is 4.02. The van der Waals surface area contributed by atoms with Gasteiger partial charge >= 0.3 is 0 Å². The molecule has 0 spiro atoms. The van der Waals surface area contributed by atoms with E-state index in [1.807, 2.05) is 0 Å². The largest absolute Gasteiger partial charge is 0.497 e. The van der Waals surface area contributed by atoms with E-state index in [1.165, 1.54) is 7.11 Å². The molecule has 3 heteroatoms. The summed E-state index contributed by atoms with van der Waals surface area (Å²) >= 11 is 0. The van der Waals surface area contributed by atoms with E-state index in [2.05, 4.69) is 18.3 Å². The summed E-state index contributed by atoms with van der Waals surface area (Å²) < 4.78 is 4.98. The number of hydrogen-bond donors (Lipinski definition) is 0. The monoisotopic (exact) mass is 189 g/mol. The highest BCUT2D eigenvalue weighted by molar-refractivity contribution is 5.81. The SMILES string of the molecule is C=Nc1ccc(C=O)cc1C(=C)OC. The first kappa shape index (κ1) is 10.2. The number of nitrogens with zero attached hydrogens (tertiary/aromatic N) is 1. The Kier molecular flexibility index (Phi) is 3.18. The van der Waals surface area contributed by atoms with Crippen molar-refractivity contribution < 1.29 is 9.53 Å². The van der Waals surface area contributed by atoms with Gasteiger partial charge in [-0.1, -0.05) is 6.58 Å². The third-order valence-electron chi connectivity index (χ3n) is 1.87. The van der Waals surface area contributed by atoms with Gasteiger partial charge in [-0.25, -0.2) is 0 Å². The van der Waals surface area contributed by atoms with Crippen LogP contribution in [0.15, 0.2) is 29.8 Å². The molecule has 1 aromatic carbocycles. The molecule has 0 aliphatic rings. The molecule has 0 fully saturated rings. The maximum Gasteiger partial charge on any atom is 0.150 e. The third-order valence-corrected chi connectivity index (χ3v) is 1.87. The van der Waals surface area contributed by atoms with E-state index in [0.29, 0.717) is 22.6 Å². The van der Waals surface area contributed by atoms with Gasteiger partial charge in [0.2, 0.25) is 0 Å². The fourth-order valence-electron chi connectivity index (χ4n) is 1.10. The molecule has 0 saturated heterocycles. The van der Waals surface area contributed by atoms with Gasteiger partial charge in [0, 0.05) is 11.1 Å². The standard InChI is InChI=1S/C11H11NO2/c1-8(14-3)10-6-9(7-13)4-5-11(10)12-2/h4-7H,1-2H2,3H3. The second-order valence-electron chi connectivity index (χ2n) is 2.68. The summed E-state index contributed by atoms with van der Waals surface area (Å²) in [4.78, 5) is 14.4. The molecule has 14 heavy (non-hydrogen) atoms. The van der Waals surface area contributed by atoms with Crippen LogP contribution in [0.5, 0.6) is 0 Å². The number of carbonyl (C=O) groups excluding carboxylic acids is 1. The Bertz CT molecular complexity index is 383. The van der Waals surface area contributed by atoms with E-state index in [0.717, 1.165) is 6.29 Å². The normalized spacial score (nSPS) is 9.21. The zero-order valence-electron chi connectivity index (χ0n) is 7.99. The first-order chi connectivity index (χ1) is 6.72. The van der Waals surface area contributed by atoms with Crippen molar-refractivity contribution in [2.24, 2.45) is 4.99 Å². The summed E-state index contributed by atoms with van der Waals surface area (Å²) in [6, 6.07) is 5.04. The first-order valence-corrected chi connectivity index (χ1v) is 4.02. The van der Waals surface area contributed by atoms with Crippen LogP contribution in [0.1, 0.15) is 15.9 Å². The molecule has 1 rings (SSSR count). The van der Waals surface area contributed by atoms with Crippen molar-refractivity contribution in [2.75, 3.05) is 7.11 Å². The van der Waals surface area contributed by atoms with Crippen LogP contribution in [-0.4, -0.2) is 20.1 Å². The zero-order valence-corrected chi connectivity index (χ0v) is 7.99. The van der Waals surface area contributed by atoms with E-state index >= 15 is 0 Å². The number of carbonyl (C=O) groups is 1. The number of rotatable bonds is 4. The summed E-state index contributed by atoms with van der Waals surface area (Å²) in [6.07, 6.45) is 0.763. The van der Waals surface area contributed by atoms with Gasteiger partial charge in [0.05, 0.1) is 12.8 Å². The van der Waals surface area contributed by atoms with E-state index in [-0.39, 0.29) is 0 Å². The van der Waals surface area contributed by atoms with Crippen molar-refractivity contribution >= 4 is 24.5 Å². The van der Waals surface area contributed by atoms with Crippen LogP contribution in [0.3, 0.4) is 0 Å². The Balaban J connectivity index is 3.27. The molecule has 0 N–H and O–H groups in total. The van der Waals surface area contributed by atoms with Crippen LogP contribution in [0.2, 0.25) is 0 Å². The summed E-state index contributed by atoms with van der Waals surface area (Å²) in [7, 11) is 1.52. The zero-order chi connectivity index (χ0) is 10.6. The van der Waals surface area contributed by atoms with Crippen LogP contribution in [0.4, 0.5) is 5.69 Å². The van der Waals surface area contributed by atoms with Crippen molar-refractivity contribution in [1.29, 1.82) is 0 Å². The molecule has 1 aromatic rings. The average molecular weight is 189 g/mol. The molecule has 0 atom stereocenters. The van der Waals surface area contributed by atoms with Crippen molar-refractivity contribution in [1.82, 2.24) is 0 Å². The van der Waals surface area contributed by atoms with Gasteiger partial charge in [0.25, 0.3) is 0 Å². The van der Waals surface area contributed by atoms with Crippen LogP contribution >= 0.6 is 0 Å². The second-order valence-corrected chi connectivity index (χ2v) is 2.68. The van der Waals surface area contributed by atoms with E-state index < -0.39 is 0 Å². The summed E-state index contributed by atoms with van der Waals surface area (Å²) in [6.45, 7) is 7.13. The topological polar surface area (TPSA) is 38.7 Å². The maximum absolute atomic E-state index is 10.6. The third kappa shape index (κ3) is 1.88. The molecule has 0 amide bonds. The molecule has 0 saturated carbocycles. The molecular formula is C11H11NO2. The van der Waals surface area contributed by atoms with Gasteiger partial charge in [0.15, 0.2) is 0 Å². The lowest BCUT2D eigenvalue weighted by molar-refractivity contribution is 0.112. The van der Waals surface area contributed by atoms with Crippen LogP contribution in [-0.2, 0) is 4.74 Å². The average Bonchev–Trinajstić information content (AvgIpc) is 2.27. The molecular weight excluding hydrogens is 178 g/mol. The lowest BCUT2D eigenvalue weighted by atomic mass is 10.1. The van der Waals surface area contributed by atoms with Crippen molar-refractivity contribution in [2.45, 2.75) is 0 Å². The number of hydrogen-bond acceptors (Lipinski definition) is 3. The lowest BCUT2D eigenvalue weighted by Gasteiger charge is -2.07. The number of aliphatic imine (C=N–C) groups is 1. The quantitative estimate of drug-likeness (QED) is 0.414. The van der Waals surface area contributed by atoms with Gasteiger partial charge in [-0.3, -0.25) is 9.79 Å². The van der Waals surface area contributed by atoms with Crippen molar-refractivity contribution in [3.63, 3.8) is 0 Å². The van der Waals surface area contributed by atoms with Crippen LogP contribution < -0.4 is 0 Å². The fourth-order valence-corrected chi connectivity index (χ4v) is 1.10. The number of aldehydes is 1. The molecule has 0 aromatic heterocycles.